The Bertz CT molecular complexity index is 100. The third-order valence-corrected chi connectivity index (χ3v) is 1.83. The van der Waals surface area contributed by atoms with Gasteiger partial charge in [-0.15, -0.1) is 0 Å². The number of thiol groups is 1. The number of aliphatic hydroxyl groups is 4. The molecule has 0 saturated heterocycles. The molecule has 0 aromatic heterocycles. The molecule has 0 fully saturated rings. The van der Waals surface area contributed by atoms with Gasteiger partial charge in [0.05, 0.1) is 0 Å². The van der Waals surface area contributed by atoms with Crippen molar-refractivity contribution in [3.63, 3.8) is 0 Å². The maximum absolute atomic E-state index is 8.83. The van der Waals surface area contributed by atoms with E-state index in [1.54, 1.807) is 6.92 Å². The van der Waals surface area contributed by atoms with Crippen LogP contribution >= 0.6 is 12.6 Å². The standard InChI is InChI=1S/C5H12O4S/c1-2-3(10)4(6)5(7,8)9/h3-4,6-10H,2H2,1H3. The average Bonchev–Trinajstić information content (AvgIpc) is 1.83. The highest BCUT2D eigenvalue weighted by Crippen LogP contribution is 2.14. The molecule has 0 rings (SSSR count). The van der Waals surface area contributed by atoms with E-state index in [4.69, 9.17) is 20.4 Å². The first-order chi connectivity index (χ1) is 4.39. The molecule has 0 aliphatic heterocycles. The summed E-state index contributed by atoms with van der Waals surface area (Å²) in [5, 5.41) is 33.4. The van der Waals surface area contributed by atoms with Gasteiger partial charge in [-0.25, -0.2) is 0 Å². The van der Waals surface area contributed by atoms with Crippen LogP contribution < -0.4 is 0 Å². The van der Waals surface area contributed by atoms with E-state index in [0.29, 0.717) is 6.42 Å². The normalized spacial score (nSPS) is 18.6. The lowest BCUT2D eigenvalue weighted by atomic mass is 10.2. The molecule has 0 aliphatic carbocycles. The highest BCUT2D eigenvalue weighted by molar-refractivity contribution is 7.81. The van der Waals surface area contributed by atoms with Gasteiger partial charge in [-0.05, 0) is 6.42 Å². The van der Waals surface area contributed by atoms with Crippen LogP contribution in [0.3, 0.4) is 0 Å². The van der Waals surface area contributed by atoms with Gasteiger partial charge in [0.1, 0.15) is 6.10 Å². The van der Waals surface area contributed by atoms with Gasteiger partial charge in [-0.1, -0.05) is 6.92 Å². The topological polar surface area (TPSA) is 80.9 Å². The summed E-state index contributed by atoms with van der Waals surface area (Å²) in [7, 11) is 0. The summed E-state index contributed by atoms with van der Waals surface area (Å²) in [6, 6.07) is 0. The van der Waals surface area contributed by atoms with Crippen molar-refractivity contribution in [1.82, 2.24) is 0 Å². The van der Waals surface area contributed by atoms with Crippen LogP contribution in [0.4, 0.5) is 0 Å². The van der Waals surface area contributed by atoms with Crippen molar-refractivity contribution < 1.29 is 20.4 Å². The molecule has 0 spiro atoms. The van der Waals surface area contributed by atoms with Gasteiger partial charge in [0.2, 0.25) is 0 Å². The van der Waals surface area contributed by atoms with Crippen LogP contribution in [0.1, 0.15) is 13.3 Å². The zero-order valence-electron chi connectivity index (χ0n) is 5.60. The van der Waals surface area contributed by atoms with Crippen molar-refractivity contribution in [1.29, 1.82) is 0 Å². The Morgan fingerprint density at radius 1 is 1.40 bits per heavy atom. The predicted molar refractivity (Wildman–Crippen MR) is 38.5 cm³/mol. The van der Waals surface area contributed by atoms with Gasteiger partial charge in [0.25, 0.3) is 0 Å². The van der Waals surface area contributed by atoms with Crippen molar-refractivity contribution in [2.75, 3.05) is 0 Å². The molecule has 4 N–H and O–H groups in total. The Kier molecular flexibility index (Phi) is 3.61. The number of hydrogen-bond donors (Lipinski definition) is 5. The smallest absolute Gasteiger partial charge is 0.304 e. The number of aliphatic hydroxyl groups excluding tert-OH is 1. The molecule has 0 aromatic rings. The average molecular weight is 168 g/mol. The Morgan fingerprint density at radius 3 is 1.90 bits per heavy atom. The summed E-state index contributed by atoms with van der Waals surface area (Å²) >= 11 is 3.79. The van der Waals surface area contributed by atoms with Gasteiger partial charge in [0.15, 0.2) is 0 Å². The summed E-state index contributed by atoms with van der Waals surface area (Å²) in [5.41, 5.74) is 0. The summed E-state index contributed by atoms with van der Waals surface area (Å²) in [4.78, 5) is 0. The van der Waals surface area contributed by atoms with E-state index in [2.05, 4.69) is 12.6 Å². The second-order valence-corrected chi connectivity index (χ2v) is 2.77. The molecule has 0 heterocycles. The molecule has 62 valence electrons. The molecule has 10 heavy (non-hydrogen) atoms. The molecule has 2 unspecified atom stereocenters. The zero-order valence-corrected chi connectivity index (χ0v) is 6.49. The van der Waals surface area contributed by atoms with Crippen molar-refractivity contribution >= 4 is 12.6 Å². The number of rotatable bonds is 3. The highest BCUT2D eigenvalue weighted by Gasteiger charge is 2.34. The quantitative estimate of drug-likeness (QED) is 0.268. The lowest BCUT2D eigenvalue weighted by Gasteiger charge is -2.24. The van der Waals surface area contributed by atoms with E-state index in [1.807, 2.05) is 0 Å². The van der Waals surface area contributed by atoms with Crippen LogP contribution in [0.15, 0.2) is 0 Å². The molecule has 0 saturated carbocycles. The maximum atomic E-state index is 8.83. The molecule has 0 amide bonds. The molecule has 5 heteroatoms. The minimum absolute atomic E-state index is 0.438. The largest absolute Gasteiger partial charge is 0.384 e. The summed E-state index contributed by atoms with van der Waals surface area (Å²) in [6.07, 6.45) is -1.20. The Morgan fingerprint density at radius 2 is 1.80 bits per heavy atom. The fraction of sp³-hybridized carbons (Fsp3) is 1.00. The Hall–Kier alpha value is 0.190. The fourth-order valence-electron chi connectivity index (χ4n) is 0.481. The van der Waals surface area contributed by atoms with Crippen LogP contribution in [0.25, 0.3) is 0 Å². The third-order valence-electron chi connectivity index (χ3n) is 1.18. The van der Waals surface area contributed by atoms with E-state index in [1.165, 1.54) is 0 Å². The minimum Gasteiger partial charge on any atom is -0.384 e. The van der Waals surface area contributed by atoms with Gasteiger partial charge < -0.3 is 20.4 Å². The van der Waals surface area contributed by atoms with Crippen LogP contribution in [0.5, 0.6) is 0 Å². The first-order valence-electron chi connectivity index (χ1n) is 2.92. The molecule has 4 nitrogen and oxygen atoms in total. The van der Waals surface area contributed by atoms with E-state index in [9.17, 15) is 0 Å². The molecule has 0 aromatic carbocycles. The van der Waals surface area contributed by atoms with Crippen LogP contribution in [0, 0.1) is 0 Å². The zero-order chi connectivity index (χ0) is 8.36. The van der Waals surface area contributed by atoms with E-state index in [0.717, 1.165) is 0 Å². The fourth-order valence-corrected chi connectivity index (χ4v) is 0.681. The lowest BCUT2D eigenvalue weighted by Crippen LogP contribution is -2.47. The van der Waals surface area contributed by atoms with Crippen molar-refractivity contribution in [2.24, 2.45) is 0 Å². The van der Waals surface area contributed by atoms with Crippen LogP contribution in [-0.2, 0) is 0 Å². The van der Waals surface area contributed by atoms with Gasteiger partial charge in [-0.2, -0.15) is 12.6 Å². The second-order valence-electron chi connectivity index (χ2n) is 2.11. The third kappa shape index (κ3) is 2.85. The van der Waals surface area contributed by atoms with Crippen LogP contribution in [0.2, 0.25) is 0 Å². The van der Waals surface area contributed by atoms with Gasteiger partial charge >= 0.3 is 5.97 Å². The van der Waals surface area contributed by atoms with Crippen molar-refractivity contribution in [3.8, 4) is 0 Å². The van der Waals surface area contributed by atoms with Gasteiger partial charge in [0, 0.05) is 5.25 Å². The predicted octanol–water partition coefficient (Wildman–Crippen LogP) is -1.31. The molecular formula is C5H12O4S. The SMILES string of the molecule is CCC(S)C(O)C(O)(O)O. The summed E-state index contributed by atoms with van der Waals surface area (Å²) in [5.74, 6) is -3.04. The van der Waals surface area contributed by atoms with Crippen molar-refractivity contribution in [3.05, 3.63) is 0 Å². The summed E-state index contributed by atoms with van der Waals surface area (Å²) in [6.45, 7) is 1.70. The van der Waals surface area contributed by atoms with Crippen LogP contribution in [-0.4, -0.2) is 37.8 Å². The monoisotopic (exact) mass is 168 g/mol. The molecule has 0 aliphatic rings. The summed E-state index contributed by atoms with van der Waals surface area (Å²) < 4.78 is 0. The van der Waals surface area contributed by atoms with Gasteiger partial charge in [-0.3, -0.25) is 0 Å². The second kappa shape index (κ2) is 3.54. The minimum atomic E-state index is -3.04. The first-order valence-corrected chi connectivity index (χ1v) is 3.44. The maximum Gasteiger partial charge on any atom is 0.304 e. The number of hydrogen-bond acceptors (Lipinski definition) is 5. The van der Waals surface area contributed by atoms with Crippen molar-refractivity contribution in [2.45, 2.75) is 30.7 Å². The van der Waals surface area contributed by atoms with E-state index < -0.39 is 17.3 Å². The molecule has 0 radical (unpaired) electrons. The molecule has 2 atom stereocenters. The Labute approximate surface area is 64.5 Å². The first kappa shape index (κ1) is 10.2. The van der Waals surface area contributed by atoms with E-state index >= 15 is 0 Å². The highest BCUT2D eigenvalue weighted by atomic mass is 32.1. The Balaban J connectivity index is 3.94. The van der Waals surface area contributed by atoms with E-state index in [-0.39, 0.29) is 0 Å². The molecular weight excluding hydrogens is 156 g/mol. The molecule has 0 bridgehead atoms. The lowest BCUT2D eigenvalue weighted by molar-refractivity contribution is -0.354.